The minimum atomic E-state index is -0.620. The number of rotatable bonds is 6. The van der Waals surface area contributed by atoms with E-state index in [1.54, 1.807) is 57.2 Å². The number of aromatic nitrogens is 2. The molecule has 4 aromatic rings. The number of fused-ring (bicyclic) bond motifs is 1. The number of methoxy groups -OCH3 is 1. The molecule has 1 aromatic heterocycles. The van der Waals surface area contributed by atoms with Crippen molar-refractivity contribution >= 4 is 40.2 Å². The molecular formula is C29H26N4O5. The number of hydrogen-bond acceptors (Lipinski definition) is 8. The number of carbonyl (C=O) groups excluding carboxylic acids is 2. The number of amides is 1. The number of carbonyl (C=O) groups is 2. The average molecular weight is 511 g/mol. The first-order chi connectivity index (χ1) is 18.1. The van der Waals surface area contributed by atoms with E-state index < -0.39 is 17.7 Å². The average Bonchev–Trinajstić information content (AvgIpc) is 2.88. The van der Waals surface area contributed by atoms with Crippen molar-refractivity contribution in [2.75, 3.05) is 17.7 Å². The Labute approximate surface area is 220 Å². The van der Waals surface area contributed by atoms with Crippen LogP contribution in [0.5, 0.6) is 11.6 Å². The van der Waals surface area contributed by atoms with Crippen molar-refractivity contribution in [1.29, 1.82) is 0 Å². The van der Waals surface area contributed by atoms with Crippen LogP contribution in [-0.2, 0) is 9.47 Å². The molecular weight excluding hydrogens is 484 g/mol. The van der Waals surface area contributed by atoms with Gasteiger partial charge in [0.25, 0.3) is 0 Å². The van der Waals surface area contributed by atoms with Crippen LogP contribution in [0.1, 0.15) is 36.7 Å². The Morgan fingerprint density at radius 3 is 2.47 bits per heavy atom. The lowest BCUT2D eigenvalue weighted by atomic mass is 10.1. The predicted octanol–water partition coefficient (Wildman–Crippen LogP) is 6.28. The minimum absolute atomic E-state index is 0.236. The summed E-state index contributed by atoms with van der Waals surface area (Å²) >= 11 is 0. The summed E-state index contributed by atoms with van der Waals surface area (Å²) in [6.45, 7) is 5.41. The van der Waals surface area contributed by atoms with E-state index in [2.05, 4.69) is 26.5 Å². The van der Waals surface area contributed by atoms with Crippen LogP contribution in [0.25, 0.3) is 10.8 Å². The van der Waals surface area contributed by atoms with Gasteiger partial charge in [0, 0.05) is 34.3 Å². The molecule has 1 heterocycles. The summed E-state index contributed by atoms with van der Waals surface area (Å²) in [4.78, 5) is 33.0. The summed E-state index contributed by atoms with van der Waals surface area (Å²) in [6, 6.07) is 17.4. The largest absolute Gasteiger partial charge is 0.465 e. The zero-order chi connectivity index (χ0) is 27.3. The first kappa shape index (κ1) is 26.0. The van der Waals surface area contributed by atoms with Crippen molar-refractivity contribution in [3.8, 4) is 24.0 Å². The van der Waals surface area contributed by atoms with E-state index in [0.717, 1.165) is 10.8 Å². The zero-order valence-electron chi connectivity index (χ0n) is 21.4. The number of terminal acetylenes is 1. The summed E-state index contributed by atoms with van der Waals surface area (Å²) in [5.41, 5.74) is 1.27. The van der Waals surface area contributed by atoms with Crippen molar-refractivity contribution in [2.24, 2.45) is 0 Å². The molecule has 0 spiro atoms. The molecule has 1 amide bonds. The second-order valence-corrected chi connectivity index (χ2v) is 9.16. The maximum atomic E-state index is 12.3. The van der Waals surface area contributed by atoms with Gasteiger partial charge in [-0.2, -0.15) is 4.98 Å². The third-order valence-corrected chi connectivity index (χ3v) is 5.14. The molecule has 0 saturated carbocycles. The summed E-state index contributed by atoms with van der Waals surface area (Å²) in [7, 11) is 1.30. The van der Waals surface area contributed by atoms with E-state index in [0.29, 0.717) is 28.3 Å². The molecule has 0 bridgehead atoms. The lowest BCUT2D eigenvalue weighted by molar-refractivity contribution is 0.0598. The number of hydrogen-bond donors (Lipinski definition) is 2. The highest BCUT2D eigenvalue weighted by Gasteiger charge is 2.18. The van der Waals surface area contributed by atoms with E-state index in [-0.39, 0.29) is 11.8 Å². The van der Waals surface area contributed by atoms with Gasteiger partial charge in [0.05, 0.1) is 18.4 Å². The molecule has 0 fully saturated rings. The van der Waals surface area contributed by atoms with Crippen LogP contribution in [-0.4, -0.2) is 34.7 Å². The number of ether oxygens (including phenoxy) is 3. The fourth-order valence-electron chi connectivity index (χ4n) is 3.60. The van der Waals surface area contributed by atoms with Crippen LogP contribution < -0.4 is 15.4 Å². The molecule has 0 aliphatic rings. The van der Waals surface area contributed by atoms with Gasteiger partial charge in [0.1, 0.15) is 11.4 Å². The van der Waals surface area contributed by atoms with Crippen molar-refractivity contribution < 1.29 is 23.8 Å². The monoisotopic (exact) mass is 510 g/mol. The topological polar surface area (TPSA) is 112 Å². The predicted molar refractivity (Wildman–Crippen MR) is 145 cm³/mol. The first-order valence-corrected chi connectivity index (χ1v) is 11.6. The number of nitrogens with one attached hydrogen (secondary N) is 2. The van der Waals surface area contributed by atoms with Gasteiger partial charge in [-0.1, -0.05) is 30.2 Å². The van der Waals surface area contributed by atoms with E-state index in [1.165, 1.54) is 13.3 Å². The minimum Gasteiger partial charge on any atom is -0.465 e. The Kier molecular flexibility index (Phi) is 7.44. The zero-order valence-corrected chi connectivity index (χ0v) is 21.4. The molecule has 0 unspecified atom stereocenters. The fraction of sp³-hybridized carbons (Fsp3) is 0.172. The smallest absolute Gasteiger partial charge is 0.412 e. The van der Waals surface area contributed by atoms with Gasteiger partial charge in [-0.3, -0.25) is 5.32 Å². The molecule has 0 aliphatic heterocycles. The molecule has 0 saturated heterocycles. The Balaban J connectivity index is 1.59. The molecule has 9 heteroatoms. The van der Waals surface area contributed by atoms with E-state index >= 15 is 0 Å². The number of esters is 1. The lowest BCUT2D eigenvalue weighted by Gasteiger charge is -2.20. The van der Waals surface area contributed by atoms with Gasteiger partial charge in [-0.15, -0.1) is 6.42 Å². The van der Waals surface area contributed by atoms with Gasteiger partial charge in [0.15, 0.2) is 0 Å². The highest BCUT2D eigenvalue weighted by molar-refractivity contribution is 6.02. The molecule has 4 rings (SSSR count). The molecule has 38 heavy (non-hydrogen) atoms. The molecule has 192 valence electrons. The van der Waals surface area contributed by atoms with Crippen molar-refractivity contribution in [2.45, 2.75) is 26.4 Å². The van der Waals surface area contributed by atoms with Crippen LogP contribution >= 0.6 is 0 Å². The summed E-state index contributed by atoms with van der Waals surface area (Å²) in [5, 5.41) is 7.37. The normalized spacial score (nSPS) is 10.8. The third-order valence-electron chi connectivity index (χ3n) is 5.14. The molecule has 2 N–H and O–H groups in total. The molecule has 9 nitrogen and oxygen atoms in total. The first-order valence-electron chi connectivity index (χ1n) is 11.6. The van der Waals surface area contributed by atoms with Gasteiger partial charge in [-0.25, -0.2) is 14.6 Å². The Bertz CT molecular complexity index is 1550. The van der Waals surface area contributed by atoms with Gasteiger partial charge in [0.2, 0.25) is 11.8 Å². The Morgan fingerprint density at radius 2 is 1.76 bits per heavy atom. The van der Waals surface area contributed by atoms with Crippen LogP contribution in [0, 0.1) is 12.3 Å². The fourth-order valence-corrected chi connectivity index (χ4v) is 3.60. The third kappa shape index (κ3) is 6.36. The second kappa shape index (κ2) is 10.9. The number of nitrogens with zero attached hydrogens (tertiary/aromatic N) is 2. The standard InChI is InChI=1S/C29H26N4O5/c1-6-18-15-19(26(34)36-5)17-20(16-18)31-27-30-14-13-25(33-27)37-24-12-11-23(21-9-7-8-10-22(21)24)32-28(35)38-29(2,3)4/h1,7-17H,2-5H3,(H,32,35)(H,30,31,33). The maximum Gasteiger partial charge on any atom is 0.412 e. The summed E-state index contributed by atoms with van der Waals surface area (Å²) in [5.74, 6) is 3.04. The number of benzene rings is 3. The summed E-state index contributed by atoms with van der Waals surface area (Å²) < 4.78 is 16.3. The van der Waals surface area contributed by atoms with E-state index in [1.807, 2.05) is 24.3 Å². The van der Waals surface area contributed by atoms with Crippen LogP contribution in [0.2, 0.25) is 0 Å². The van der Waals surface area contributed by atoms with Crippen LogP contribution in [0.3, 0.4) is 0 Å². The van der Waals surface area contributed by atoms with Gasteiger partial charge in [-0.05, 0) is 51.1 Å². The van der Waals surface area contributed by atoms with Crippen molar-refractivity contribution in [1.82, 2.24) is 9.97 Å². The molecule has 0 aliphatic carbocycles. The van der Waals surface area contributed by atoms with Crippen molar-refractivity contribution in [3.63, 3.8) is 0 Å². The Morgan fingerprint density at radius 1 is 1.00 bits per heavy atom. The lowest BCUT2D eigenvalue weighted by Crippen LogP contribution is -2.27. The number of anilines is 3. The Hall–Kier alpha value is -5.10. The highest BCUT2D eigenvalue weighted by Crippen LogP contribution is 2.34. The molecule has 0 atom stereocenters. The highest BCUT2D eigenvalue weighted by atomic mass is 16.6. The van der Waals surface area contributed by atoms with E-state index in [9.17, 15) is 9.59 Å². The molecule has 3 aromatic carbocycles. The quantitative estimate of drug-likeness (QED) is 0.230. The van der Waals surface area contributed by atoms with Crippen LogP contribution in [0.15, 0.2) is 66.9 Å². The summed E-state index contributed by atoms with van der Waals surface area (Å²) in [6.07, 6.45) is 6.52. The van der Waals surface area contributed by atoms with Gasteiger partial charge >= 0.3 is 12.1 Å². The van der Waals surface area contributed by atoms with Crippen molar-refractivity contribution in [3.05, 3.63) is 78.0 Å². The molecule has 0 radical (unpaired) electrons. The second-order valence-electron chi connectivity index (χ2n) is 9.16. The van der Waals surface area contributed by atoms with Gasteiger partial charge < -0.3 is 19.5 Å². The SMILES string of the molecule is C#Cc1cc(Nc2nccc(Oc3ccc(NC(=O)OC(C)(C)C)c4ccccc34)n2)cc(C(=O)OC)c1. The van der Waals surface area contributed by atoms with Crippen LogP contribution in [0.4, 0.5) is 22.1 Å². The van der Waals surface area contributed by atoms with E-state index in [4.69, 9.17) is 20.6 Å². The maximum absolute atomic E-state index is 12.3.